The fraction of sp³-hybridized carbons (Fsp3) is 0.367. The van der Waals surface area contributed by atoms with Gasteiger partial charge in [0.1, 0.15) is 23.1 Å². The maximum Gasteiger partial charge on any atom is 0.420 e. The minimum absolute atomic E-state index is 0.0100. The van der Waals surface area contributed by atoms with E-state index in [9.17, 15) is 18.0 Å². The van der Waals surface area contributed by atoms with Crippen molar-refractivity contribution in [3.63, 3.8) is 0 Å². The monoisotopic (exact) mass is 610 g/mol. The van der Waals surface area contributed by atoms with E-state index in [0.29, 0.717) is 35.1 Å². The number of halogens is 3. The van der Waals surface area contributed by atoms with Gasteiger partial charge >= 0.3 is 6.18 Å². The molecule has 0 aliphatic carbocycles. The molecule has 44 heavy (non-hydrogen) atoms. The van der Waals surface area contributed by atoms with E-state index in [4.69, 9.17) is 14.5 Å². The minimum Gasteiger partial charge on any atom is -0.496 e. The number of rotatable bonds is 9. The number of carbonyl (C=O) groups is 1. The smallest absolute Gasteiger partial charge is 0.420 e. The Morgan fingerprint density at radius 3 is 2.52 bits per heavy atom. The highest BCUT2D eigenvalue weighted by Gasteiger charge is 2.34. The lowest BCUT2D eigenvalue weighted by Gasteiger charge is -2.34. The van der Waals surface area contributed by atoms with Crippen LogP contribution in [0.15, 0.2) is 48.9 Å². The van der Waals surface area contributed by atoms with Gasteiger partial charge in [-0.3, -0.25) is 9.69 Å². The topological polar surface area (TPSA) is 109 Å². The molecular weight excluding hydrogens is 577 g/mol. The van der Waals surface area contributed by atoms with E-state index >= 15 is 0 Å². The van der Waals surface area contributed by atoms with Crippen LogP contribution in [0.2, 0.25) is 0 Å². The highest BCUT2D eigenvalue weighted by Crippen LogP contribution is 2.38. The summed E-state index contributed by atoms with van der Waals surface area (Å²) in [6.45, 7) is 6.71. The number of methoxy groups -OCH3 is 2. The van der Waals surface area contributed by atoms with Gasteiger partial charge in [-0.05, 0) is 42.8 Å². The predicted molar refractivity (Wildman–Crippen MR) is 161 cm³/mol. The number of benzene rings is 2. The molecule has 1 aliphatic rings. The number of nitrogens with one attached hydrogen (secondary N) is 1. The quantitative estimate of drug-likeness (QED) is 0.290. The first-order valence-electron chi connectivity index (χ1n) is 13.9. The molecule has 232 valence electrons. The number of aromatic nitrogens is 4. The number of hydrogen-bond acceptors (Lipinski definition) is 10. The summed E-state index contributed by atoms with van der Waals surface area (Å²) in [4.78, 5) is 37.7. The van der Waals surface area contributed by atoms with Gasteiger partial charge in [0.05, 0.1) is 25.5 Å². The van der Waals surface area contributed by atoms with Crippen molar-refractivity contribution in [3.05, 3.63) is 65.6 Å². The van der Waals surface area contributed by atoms with Crippen molar-refractivity contribution in [3.8, 4) is 5.75 Å². The van der Waals surface area contributed by atoms with Crippen molar-refractivity contribution in [2.45, 2.75) is 13.1 Å². The van der Waals surface area contributed by atoms with Crippen LogP contribution in [0, 0.1) is 6.92 Å². The van der Waals surface area contributed by atoms with E-state index in [2.05, 4.69) is 30.1 Å². The lowest BCUT2D eigenvalue weighted by atomic mass is 10.1. The molecule has 1 fully saturated rings. The van der Waals surface area contributed by atoms with Crippen LogP contribution >= 0.6 is 0 Å². The Morgan fingerprint density at radius 2 is 1.82 bits per heavy atom. The van der Waals surface area contributed by atoms with Crippen LogP contribution in [0.1, 0.15) is 21.5 Å². The minimum atomic E-state index is -4.64. The van der Waals surface area contributed by atoms with Crippen molar-refractivity contribution in [1.29, 1.82) is 0 Å². The van der Waals surface area contributed by atoms with E-state index in [1.807, 2.05) is 11.8 Å². The van der Waals surface area contributed by atoms with Gasteiger partial charge in [0.2, 0.25) is 5.95 Å². The summed E-state index contributed by atoms with van der Waals surface area (Å²) in [5.41, 5.74) is 1.89. The first kappa shape index (κ1) is 30.9. The van der Waals surface area contributed by atoms with E-state index in [-0.39, 0.29) is 17.0 Å². The average Bonchev–Trinajstić information content (AvgIpc) is 3.03. The van der Waals surface area contributed by atoms with Gasteiger partial charge in [-0.2, -0.15) is 13.2 Å². The van der Waals surface area contributed by atoms with Gasteiger partial charge in [-0.1, -0.05) is 6.07 Å². The molecule has 1 saturated heterocycles. The number of ether oxygens (including phenoxy) is 2. The number of amides is 1. The second kappa shape index (κ2) is 13.0. The number of hydrogen-bond donors (Lipinski definition) is 1. The summed E-state index contributed by atoms with van der Waals surface area (Å²) < 4.78 is 50.5. The molecule has 2 aromatic carbocycles. The summed E-state index contributed by atoms with van der Waals surface area (Å²) in [6.07, 6.45) is -1.54. The lowest BCUT2D eigenvalue weighted by Crippen LogP contribution is -2.47. The number of aryl methyl sites for hydroxylation is 1. The summed E-state index contributed by atoms with van der Waals surface area (Å²) in [6, 6.07) is 8.42. The largest absolute Gasteiger partial charge is 0.496 e. The van der Waals surface area contributed by atoms with Crippen LogP contribution in [0.4, 0.5) is 36.3 Å². The number of nitrogens with zero attached hydrogens (tertiary/aromatic N) is 7. The van der Waals surface area contributed by atoms with E-state index in [1.165, 1.54) is 18.5 Å². The molecule has 0 radical (unpaired) electrons. The highest BCUT2D eigenvalue weighted by atomic mass is 19.4. The van der Waals surface area contributed by atoms with Crippen molar-refractivity contribution in [2.75, 3.05) is 75.7 Å². The molecule has 0 saturated carbocycles. The molecule has 1 aliphatic heterocycles. The Hall–Kier alpha value is -4.56. The molecule has 11 nitrogen and oxygen atoms in total. The summed E-state index contributed by atoms with van der Waals surface area (Å²) in [5.74, 6) is 0.196. The third kappa shape index (κ3) is 6.65. The number of piperazine rings is 1. The molecule has 4 aromatic rings. The van der Waals surface area contributed by atoms with Crippen molar-refractivity contribution < 1.29 is 27.4 Å². The molecule has 0 atom stereocenters. The van der Waals surface area contributed by atoms with Crippen LogP contribution in [-0.2, 0) is 10.9 Å². The molecule has 0 bridgehead atoms. The molecule has 5 rings (SSSR count). The zero-order valence-corrected chi connectivity index (χ0v) is 24.9. The van der Waals surface area contributed by atoms with Crippen LogP contribution in [-0.4, -0.2) is 91.3 Å². The molecule has 3 heterocycles. The van der Waals surface area contributed by atoms with Crippen molar-refractivity contribution >= 4 is 40.1 Å². The van der Waals surface area contributed by atoms with Crippen molar-refractivity contribution in [1.82, 2.24) is 24.8 Å². The molecule has 14 heteroatoms. The lowest BCUT2D eigenvalue weighted by molar-refractivity contribution is -0.138. The highest BCUT2D eigenvalue weighted by molar-refractivity contribution is 6.05. The standard InChI is InChI=1S/C30H33F3N8O3/c1-19-5-6-20(28(42)37-21-7-8-25(44-4)22(16-21)30(31,32)33)15-24(19)39(2)27-26-23(35-18-36-27)17-34-29(38-26)41-11-9-40(10-12-41)13-14-43-3/h5-8,15-18H,9-14H2,1-4H3,(H,37,42). The van der Waals surface area contributed by atoms with Gasteiger partial charge < -0.3 is 24.6 Å². The third-order valence-electron chi connectivity index (χ3n) is 7.53. The summed E-state index contributed by atoms with van der Waals surface area (Å²) in [7, 11) is 4.66. The Kier molecular flexibility index (Phi) is 9.11. The molecule has 0 unspecified atom stereocenters. The number of anilines is 4. The molecule has 1 amide bonds. The molecule has 1 N–H and O–H groups in total. The number of alkyl halides is 3. The zero-order chi connectivity index (χ0) is 31.4. The Bertz CT molecular complexity index is 1640. The third-order valence-corrected chi connectivity index (χ3v) is 7.53. The fourth-order valence-electron chi connectivity index (χ4n) is 5.06. The summed E-state index contributed by atoms with van der Waals surface area (Å²) in [5, 5.41) is 2.56. The number of fused-ring (bicyclic) bond motifs is 1. The molecule has 2 aromatic heterocycles. The molecular formula is C30H33F3N8O3. The second-order valence-electron chi connectivity index (χ2n) is 10.3. The van der Waals surface area contributed by atoms with E-state index < -0.39 is 17.6 Å². The van der Waals surface area contributed by atoms with Gasteiger partial charge in [0.25, 0.3) is 5.91 Å². The normalized spacial score (nSPS) is 14.1. The van der Waals surface area contributed by atoms with E-state index in [1.54, 1.807) is 38.6 Å². The fourth-order valence-corrected chi connectivity index (χ4v) is 5.06. The second-order valence-corrected chi connectivity index (χ2v) is 10.3. The first-order valence-corrected chi connectivity index (χ1v) is 13.9. The SMILES string of the molecule is COCCN1CCN(c2ncc3ncnc(N(C)c4cc(C(=O)Nc5ccc(OC)c(C(F)(F)F)c5)ccc4C)c3n2)CC1. The molecule has 0 spiro atoms. The maximum atomic E-state index is 13.5. The zero-order valence-electron chi connectivity index (χ0n) is 24.9. The van der Waals surface area contributed by atoms with Crippen LogP contribution in [0.5, 0.6) is 5.75 Å². The summed E-state index contributed by atoms with van der Waals surface area (Å²) >= 11 is 0. The Morgan fingerprint density at radius 1 is 1.05 bits per heavy atom. The number of carbonyl (C=O) groups excluding carboxylic acids is 1. The Balaban J connectivity index is 1.39. The van der Waals surface area contributed by atoms with Crippen LogP contribution in [0.25, 0.3) is 11.0 Å². The van der Waals surface area contributed by atoms with E-state index in [0.717, 1.165) is 51.5 Å². The van der Waals surface area contributed by atoms with Gasteiger partial charge in [-0.25, -0.2) is 19.9 Å². The average molecular weight is 611 g/mol. The Labute approximate surface area is 252 Å². The maximum absolute atomic E-state index is 13.5. The van der Waals surface area contributed by atoms with Gasteiger partial charge in [0.15, 0.2) is 5.82 Å². The predicted octanol–water partition coefficient (Wildman–Crippen LogP) is 4.54. The van der Waals surface area contributed by atoms with Crippen molar-refractivity contribution in [2.24, 2.45) is 0 Å². The van der Waals surface area contributed by atoms with Gasteiger partial charge in [-0.15, -0.1) is 0 Å². The van der Waals surface area contributed by atoms with Crippen LogP contribution in [0.3, 0.4) is 0 Å². The first-order chi connectivity index (χ1) is 21.1. The van der Waals surface area contributed by atoms with Crippen LogP contribution < -0.4 is 19.9 Å². The van der Waals surface area contributed by atoms with Gasteiger partial charge in [0, 0.05) is 63.8 Å².